The highest BCUT2D eigenvalue weighted by Crippen LogP contribution is 2.11. The lowest BCUT2D eigenvalue weighted by atomic mass is 10.1. The van der Waals surface area contributed by atoms with Crippen LogP contribution in [0.1, 0.15) is 77.6 Å². The fourth-order valence-electron chi connectivity index (χ4n) is 6.11. The molecule has 0 aromatic heterocycles. The van der Waals surface area contributed by atoms with Crippen LogP contribution in [0.3, 0.4) is 0 Å². The lowest BCUT2D eigenvalue weighted by Crippen LogP contribution is -2.34. The maximum absolute atomic E-state index is 11.9. The van der Waals surface area contributed by atoms with Crippen molar-refractivity contribution in [3.63, 3.8) is 0 Å². The van der Waals surface area contributed by atoms with Gasteiger partial charge in [-0.25, -0.2) is 0 Å². The van der Waals surface area contributed by atoms with Gasteiger partial charge in [0.05, 0.1) is 218 Å². The first-order chi connectivity index (χ1) is 37.2. The molecule has 0 saturated heterocycles. The van der Waals surface area contributed by atoms with Gasteiger partial charge in [0, 0.05) is 13.0 Å². The van der Waals surface area contributed by atoms with Gasteiger partial charge in [-0.3, -0.25) is 18.9 Å². The molecule has 0 aliphatic carbocycles. The molecule has 0 aliphatic rings. The first-order valence-electron chi connectivity index (χ1n) is 27.0. The molecule has 25 nitrogen and oxygen atoms in total. The van der Waals surface area contributed by atoms with Crippen molar-refractivity contribution in [3.8, 4) is 0 Å². The third-order valence-electron chi connectivity index (χ3n) is 10.1. The molecule has 0 aliphatic heterocycles. The summed E-state index contributed by atoms with van der Waals surface area (Å²) in [6.07, 6.45) is 10.7. The van der Waals surface area contributed by atoms with E-state index < -0.39 is 33.7 Å². The molecule has 1 amide bonds. The first kappa shape index (κ1) is 73.7. The predicted molar refractivity (Wildman–Crippen MR) is 277 cm³/mol. The van der Waals surface area contributed by atoms with Crippen LogP contribution in [0.2, 0.25) is 0 Å². The minimum absolute atomic E-state index is 0.0755. The standard InChI is InChI=1S/C50H97NO24S/c1-2-3-4-5-6-7-8-9-10-11-48(52)51-12-13-59-14-15-60-16-17-61-18-19-62-20-21-63-22-23-64-24-25-65-26-27-66-28-29-67-30-31-68-32-33-69-34-35-70-36-37-71-38-39-72-40-41-73-42-43-74-44-45-75-50(55)47(46-49(53)54)76(56,57)58/h47H,2-46H2,1H3,(H,51,52)(H,53,54)(H,56,57,58). The average Bonchev–Trinajstić information content (AvgIpc) is 3.39. The zero-order chi connectivity index (χ0) is 55.4. The topological polar surface area (TPSA) is 295 Å². The van der Waals surface area contributed by atoms with Crippen LogP contribution in [0.4, 0.5) is 0 Å². The summed E-state index contributed by atoms with van der Waals surface area (Å²) < 4.78 is 123. The number of carboxylic acids is 1. The van der Waals surface area contributed by atoms with Crippen LogP contribution in [0.15, 0.2) is 0 Å². The van der Waals surface area contributed by atoms with Gasteiger partial charge in [0.1, 0.15) is 6.61 Å². The van der Waals surface area contributed by atoms with Crippen molar-refractivity contribution in [1.29, 1.82) is 0 Å². The number of carbonyl (C=O) groups excluding carboxylic acids is 2. The molecule has 0 bridgehead atoms. The van der Waals surface area contributed by atoms with E-state index in [1.54, 1.807) is 0 Å². The van der Waals surface area contributed by atoms with Crippen LogP contribution in [0.5, 0.6) is 0 Å². The van der Waals surface area contributed by atoms with Gasteiger partial charge in [-0.2, -0.15) is 8.42 Å². The zero-order valence-electron chi connectivity index (χ0n) is 45.7. The summed E-state index contributed by atoms with van der Waals surface area (Å²) in [6, 6.07) is 0. The SMILES string of the molecule is CCCCCCCCCCCC(=O)NCCOCCOCCOCCOCCOCCOCCOCCOCCOCCOCCOCCOCCOCCOCCOCCOCCOC(=O)C(CC(=O)O)S(=O)(=O)O. The molecule has 26 heteroatoms. The Hall–Kier alpha value is -2.32. The van der Waals surface area contributed by atoms with E-state index in [4.69, 9.17) is 85.4 Å². The summed E-state index contributed by atoms with van der Waals surface area (Å²) in [5.74, 6) is -2.84. The van der Waals surface area contributed by atoms with E-state index in [9.17, 15) is 22.8 Å². The van der Waals surface area contributed by atoms with Crippen molar-refractivity contribution in [2.24, 2.45) is 0 Å². The minimum Gasteiger partial charge on any atom is -0.481 e. The van der Waals surface area contributed by atoms with Crippen LogP contribution >= 0.6 is 0 Å². The number of rotatable bonds is 65. The Morgan fingerprint density at radius 1 is 0.368 bits per heavy atom. The fraction of sp³-hybridized carbons (Fsp3) is 0.940. The van der Waals surface area contributed by atoms with Gasteiger partial charge in [0.15, 0.2) is 5.25 Å². The Labute approximate surface area is 452 Å². The molecular weight excluding hydrogens is 1030 g/mol. The van der Waals surface area contributed by atoms with E-state index in [0.29, 0.717) is 205 Å². The maximum Gasteiger partial charge on any atom is 0.327 e. The molecule has 0 spiro atoms. The number of unbranched alkanes of at least 4 members (excludes halogenated alkanes) is 8. The number of ether oxygens (including phenoxy) is 17. The number of carbonyl (C=O) groups is 3. The normalized spacial score (nSPS) is 12.1. The smallest absolute Gasteiger partial charge is 0.327 e. The number of nitrogens with one attached hydrogen (secondary N) is 1. The van der Waals surface area contributed by atoms with Crippen LogP contribution in [-0.4, -0.2) is 266 Å². The predicted octanol–water partition coefficient (Wildman–Crippen LogP) is 2.56. The van der Waals surface area contributed by atoms with Gasteiger partial charge < -0.3 is 90.9 Å². The molecule has 0 fully saturated rings. The lowest BCUT2D eigenvalue weighted by Gasteiger charge is -2.11. The molecule has 0 aromatic rings. The van der Waals surface area contributed by atoms with E-state index in [2.05, 4.69) is 17.0 Å². The molecular formula is C50H97NO24S. The molecule has 0 rings (SSSR count). The van der Waals surface area contributed by atoms with Gasteiger partial charge in [-0.05, 0) is 6.42 Å². The van der Waals surface area contributed by atoms with Gasteiger partial charge in [-0.1, -0.05) is 58.3 Å². The van der Waals surface area contributed by atoms with Gasteiger partial charge in [-0.15, -0.1) is 0 Å². The van der Waals surface area contributed by atoms with Crippen molar-refractivity contribution in [1.82, 2.24) is 5.32 Å². The van der Waals surface area contributed by atoms with Crippen LogP contribution in [0, 0.1) is 0 Å². The fourth-order valence-corrected chi connectivity index (χ4v) is 6.78. The highest BCUT2D eigenvalue weighted by atomic mass is 32.2. The largest absolute Gasteiger partial charge is 0.481 e. The van der Waals surface area contributed by atoms with Crippen LogP contribution in [0.25, 0.3) is 0 Å². The zero-order valence-corrected chi connectivity index (χ0v) is 46.5. The van der Waals surface area contributed by atoms with E-state index in [1.165, 1.54) is 44.9 Å². The van der Waals surface area contributed by atoms with Gasteiger partial charge in [0.2, 0.25) is 5.91 Å². The van der Waals surface area contributed by atoms with Crippen molar-refractivity contribution >= 4 is 28.0 Å². The number of aliphatic carboxylic acids is 1. The van der Waals surface area contributed by atoms with Crippen molar-refractivity contribution in [3.05, 3.63) is 0 Å². The second kappa shape index (κ2) is 60.3. The third-order valence-corrected chi connectivity index (χ3v) is 11.2. The van der Waals surface area contributed by atoms with Crippen molar-refractivity contribution in [2.75, 3.05) is 225 Å². The van der Waals surface area contributed by atoms with E-state index in [1.807, 2.05) is 0 Å². The molecule has 0 heterocycles. The summed E-state index contributed by atoms with van der Waals surface area (Å²) in [5, 5.41) is 9.40. The highest BCUT2D eigenvalue weighted by molar-refractivity contribution is 7.87. The van der Waals surface area contributed by atoms with Crippen molar-refractivity contribution in [2.45, 2.75) is 82.8 Å². The number of hydrogen-bond acceptors (Lipinski definition) is 22. The molecule has 452 valence electrons. The molecule has 0 aromatic carbocycles. The van der Waals surface area contributed by atoms with E-state index >= 15 is 0 Å². The number of hydrogen-bond donors (Lipinski definition) is 3. The molecule has 1 atom stereocenters. The molecule has 3 N–H and O–H groups in total. The molecule has 1 unspecified atom stereocenters. The summed E-state index contributed by atoms with van der Waals surface area (Å²) >= 11 is 0. The molecule has 0 radical (unpaired) electrons. The summed E-state index contributed by atoms with van der Waals surface area (Å²) in [5.41, 5.74) is 0. The van der Waals surface area contributed by atoms with Gasteiger partial charge >= 0.3 is 11.9 Å². The lowest BCUT2D eigenvalue weighted by molar-refractivity contribution is -0.148. The number of amides is 1. The second-order valence-corrected chi connectivity index (χ2v) is 18.1. The monoisotopic (exact) mass is 1130 g/mol. The number of carboxylic acid groups (broad SMARTS) is 1. The Morgan fingerprint density at radius 3 is 0.855 bits per heavy atom. The Bertz CT molecular complexity index is 1360. The number of esters is 1. The quantitative estimate of drug-likeness (QED) is 0.0448. The van der Waals surface area contributed by atoms with Crippen LogP contribution < -0.4 is 5.32 Å². The minimum atomic E-state index is -4.91. The summed E-state index contributed by atoms with van der Waals surface area (Å²) in [4.78, 5) is 34.3. The third kappa shape index (κ3) is 59.3. The maximum atomic E-state index is 11.9. The Balaban J connectivity index is 3.18. The Morgan fingerprint density at radius 2 is 0.605 bits per heavy atom. The van der Waals surface area contributed by atoms with Crippen molar-refractivity contribution < 1.29 is 113 Å². The summed E-state index contributed by atoms with van der Waals surface area (Å²) in [6.45, 7) is 15.8. The Kier molecular flexibility index (Phi) is 58.5. The average molecular weight is 1130 g/mol. The van der Waals surface area contributed by atoms with Gasteiger partial charge in [0.25, 0.3) is 10.1 Å². The summed E-state index contributed by atoms with van der Waals surface area (Å²) in [7, 11) is -4.91. The second-order valence-electron chi connectivity index (χ2n) is 16.5. The van der Waals surface area contributed by atoms with Crippen LogP contribution in [-0.2, 0) is 105 Å². The highest BCUT2D eigenvalue weighted by Gasteiger charge is 2.35. The van der Waals surface area contributed by atoms with E-state index in [-0.39, 0.29) is 32.3 Å². The molecule has 76 heavy (non-hydrogen) atoms. The van der Waals surface area contributed by atoms with E-state index in [0.717, 1.165) is 12.8 Å². The first-order valence-corrected chi connectivity index (χ1v) is 28.5. The molecule has 0 saturated carbocycles.